The van der Waals surface area contributed by atoms with Gasteiger partial charge >= 0.3 is 0 Å². The summed E-state index contributed by atoms with van der Waals surface area (Å²) in [5, 5.41) is 3.55. The smallest absolute Gasteiger partial charge is 0.262 e. The molecule has 1 N–H and O–H groups in total. The van der Waals surface area contributed by atoms with Gasteiger partial charge in [-0.1, -0.05) is 29.8 Å². The number of hydrogen-bond donors (Lipinski definition) is 1. The number of nitrogens with one attached hydrogen (secondary N) is 1. The van der Waals surface area contributed by atoms with Crippen LogP contribution < -0.4 is 15.0 Å². The van der Waals surface area contributed by atoms with E-state index >= 15 is 0 Å². The second kappa shape index (κ2) is 8.93. The normalized spacial score (nSPS) is 13.5. The summed E-state index contributed by atoms with van der Waals surface area (Å²) in [4.78, 5) is 19.5. The zero-order valence-corrected chi connectivity index (χ0v) is 18.3. The van der Waals surface area contributed by atoms with Crippen molar-refractivity contribution >= 4 is 39.9 Å². The molecule has 0 radical (unpaired) electrons. The Hall–Kier alpha value is -3.51. The van der Waals surface area contributed by atoms with Gasteiger partial charge in [0.25, 0.3) is 5.91 Å². The Bertz CT molecular complexity index is 1250. The van der Waals surface area contributed by atoms with E-state index < -0.39 is 0 Å². The van der Waals surface area contributed by atoms with Crippen LogP contribution in [0.15, 0.2) is 72.8 Å². The van der Waals surface area contributed by atoms with Crippen molar-refractivity contribution < 1.29 is 9.53 Å². The largest absolute Gasteiger partial charge is 0.484 e. The van der Waals surface area contributed by atoms with E-state index in [4.69, 9.17) is 21.3 Å². The molecule has 0 unspecified atom stereocenters. The Morgan fingerprint density at radius 2 is 1.88 bits per heavy atom. The first-order valence-corrected chi connectivity index (χ1v) is 11.0. The third-order valence-electron chi connectivity index (χ3n) is 5.55. The van der Waals surface area contributed by atoms with E-state index in [2.05, 4.69) is 39.0 Å². The van der Waals surface area contributed by atoms with Crippen molar-refractivity contribution in [2.75, 3.05) is 23.4 Å². The molecular formula is C25H23ClN4O2. The summed E-state index contributed by atoms with van der Waals surface area (Å²) in [6.07, 6.45) is 1.03. The molecule has 1 aliphatic heterocycles. The van der Waals surface area contributed by atoms with Crippen molar-refractivity contribution in [3.63, 3.8) is 0 Å². The highest BCUT2D eigenvalue weighted by atomic mass is 35.5. The lowest BCUT2D eigenvalue weighted by Gasteiger charge is -2.22. The van der Waals surface area contributed by atoms with Crippen LogP contribution in [-0.2, 0) is 17.9 Å². The van der Waals surface area contributed by atoms with Crippen LogP contribution in [0.5, 0.6) is 5.75 Å². The Labute approximate surface area is 191 Å². The monoisotopic (exact) mass is 446 g/mol. The number of carbonyl (C=O) groups excluding carboxylic acids is 1. The standard InChI is InChI=1S/C25H23ClN4O2/c26-18-9-11-21(12-10-18)32-17-25(31)27-19-5-3-6-20(15-19)29-13-4-14-30-23-8-2-1-7-22(23)28-24(30)16-29/h1-3,5-12,15H,4,13-14,16-17H2,(H,27,31). The Morgan fingerprint density at radius 3 is 2.75 bits per heavy atom. The average molecular weight is 447 g/mol. The zero-order chi connectivity index (χ0) is 21.9. The summed E-state index contributed by atoms with van der Waals surface area (Å²) in [5.74, 6) is 1.45. The molecule has 0 spiro atoms. The van der Waals surface area contributed by atoms with Gasteiger partial charge in [-0.15, -0.1) is 0 Å². The number of imidazole rings is 1. The third kappa shape index (κ3) is 4.41. The SMILES string of the molecule is O=C(COc1ccc(Cl)cc1)Nc1cccc(N2CCCn3c(nc4ccccc43)C2)c1. The van der Waals surface area contributed by atoms with Crippen LogP contribution in [-0.4, -0.2) is 28.6 Å². The first-order chi connectivity index (χ1) is 15.7. The number of aryl methyl sites for hydroxylation is 1. The number of para-hydroxylation sites is 2. The lowest BCUT2D eigenvalue weighted by atomic mass is 10.2. The van der Waals surface area contributed by atoms with Crippen LogP contribution in [0.2, 0.25) is 5.02 Å². The second-order valence-corrected chi connectivity index (χ2v) is 8.22. The van der Waals surface area contributed by atoms with E-state index in [-0.39, 0.29) is 12.5 Å². The number of carbonyl (C=O) groups is 1. The molecule has 2 heterocycles. The number of halogens is 1. The molecule has 0 aliphatic carbocycles. The minimum absolute atomic E-state index is 0.0698. The summed E-state index contributed by atoms with van der Waals surface area (Å²) >= 11 is 5.88. The Kier molecular flexibility index (Phi) is 5.69. The topological polar surface area (TPSA) is 59.4 Å². The van der Waals surface area contributed by atoms with Crippen LogP contribution in [0.25, 0.3) is 11.0 Å². The summed E-state index contributed by atoms with van der Waals surface area (Å²) in [6, 6.07) is 23.1. The van der Waals surface area contributed by atoms with Crippen molar-refractivity contribution in [2.24, 2.45) is 0 Å². The third-order valence-corrected chi connectivity index (χ3v) is 5.81. The number of aromatic nitrogens is 2. The molecule has 6 nitrogen and oxygen atoms in total. The van der Waals surface area contributed by atoms with E-state index in [9.17, 15) is 4.79 Å². The van der Waals surface area contributed by atoms with E-state index in [0.29, 0.717) is 10.8 Å². The van der Waals surface area contributed by atoms with Gasteiger partial charge in [0.05, 0.1) is 17.6 Å². The van der Waals surface area contributed by atoms with E-state index in [0.717, 1.165) is 48.8 Å². The number of benzene rings is 3. The maximum absolute atomic E-state index is 12.4. The van der Waals surface area contributed by atoms with Gasteiger partial charge in [0.1, 0.15) is 11.6 Å². The highest BCUT2D eigenvalue weighted by Crippen LogP contribution is 2.26. The minimum atomic E-state index is -0.213. The fraction of sp³-hybridized carbons (Fsp3) is 0.200. The molecule has 162 valence electrons. The van der Waals surface area contributed by atoms with E-state index in [1.54, 1.807) is 24.3 Å². The highest BCUT2D eigenvalue weighted by molar-refractivity contribution is 6.30. The molecule has 0 fully saturated rings. The first kappa shape index (κ1) is 20.4. The minimum Gasteiger partial charge on any atom is -0.484 e. The summed E-state index contributed by atoms with van der Waals surface area (Å²) < 4.78 is 7.85. The molecule has 1 amide bonds. The summed E-state index contributed by atoms with van der Waals surface area (Å²) in [5.41, 5.74) is 4.02. The highest BCUT2D eigenvalue weighted by Gasteiger charge is 2.19. The van der Waals surface area contributed by atoms with E-state index in [1.807, 2.05) is 24.3 Å². The van der Waals surface area contributed by atoms with Gasteiger partial charge in [0, 0.05) is 29.5 Å². The number of amides is 1. The Morgan fingerprint density at radius 1 is 1.03 bits per heavy atom. The second-order valence-electron chi connectivity index (χ2n) is 7.78. The molecule has 32 heavy (non-hydrogen) atoms. The molecule has 0 saturated carbocycles. The van der Waals surface area contributed by atoms with Crippen molar-refractivity contribution in [1.29, 1.82) is 0 Å². The number of anilines is 2. The molecule has 1 aromatic heterocycles. The molecule has 3 aromatic carbocycles. The average Bonchev–Trinajstić information content (AvgIpc) is 3.01. The maximum Gasteiger partial charge on any atom is 0.262 e. The molecule has 0 bridgehead atoms. The molecule has 1 aliphatic rings. The fourth-order valence-corrected chi connectivity index (χ4v) is 4.17. The van der Waals surface area contributed by atoms with Crippen molar-refractivity contribution in [2.45, 2.75) is 19.5 Å². The van der Waals surface area contributed by atoms with Gasteiger partial charge in [-0.2, -0.15) is 0 Å². The summed E-state index contributed by atoms with van der Waals surface area (Å²) in [6.45, 7) is 2.53. The van der Waals surface area contributed by atoms with Crippen LogP contribution in [0.1, 0.15) is 12.2 Å². The predicted octanol–water partition coefficient (Wildman–Crippen LogP) is 5.12. The van der Waals surface area contributed by atoms with Crippen LogP contribution in [0.3, 0.4) is 0 Å². The quantitative estimate of drug-likeness (QED) is 0.462. The van der Waals surface area contributed by atoms with Gasteiger partial charge in [-0.05, 0) is 61.0 Å². The van der Waals surface area contributed by atoms with Gasteiger partial charge in [0.15, 0.2) is 6.61 Å². The van der Waals surface area contributed by atoms with Crippen LogP contribution in [0, 0.1) is 0 Å². The summed E-state index contributed by atoms with van der Waals surface area (Å²) in [7, 11) is 0. The maximum atomic E-state index is 12.4. The van der Waals surface area contributed by atoms with Gasteiger partial charge < -0.3 is 19.5 Å². The van der Waals surface area contributed by atoms with Crippen molar-refractivity contribution in [1.82, 2.24) is 9.55 Å². The zero-order valence-electron chi connectivity index (χ0n) is 17.5. The lowest BCUT2D eigenvalue weighted by molar-refractivity contribution is -0.118. The van der Waals surface area contributed by atoms with Crippen molar-refractivity contribution in [3.05, 3.63) is 83.6 Å². The molecule has 0 atom stereocenters. The molecule has 5 rings (SSSR count). The van der Waals surface area contributed by atoms with E-state index in [1.165, 1.54) is 5.52 Å². The molecular weight excluding hydrogens is 424 g/mol. The van der Waals surface area contributed by atoms with Gasteiger partial charge in [0.2, 0.25) is 0 Å². The molecule has 0 saturated heterocycles. The molecule has 4 aromatic rings. The lowest BCUT2D eigenvalue weighted by Crippen LogP contribution is -2.23. The fourth-order valence-electron chi connectivity index (χ4n) is 4.04. The van der Waals surface area contributed by atoms with Crippen molar-refractivity contribution in [3.8, 4) is 5.75 Å². The first-order valence-electron chi connectivity index (χ1n) is 10.6. The van der Waals surface area contributed by atoms with Crippen LogP contribution >= 0.6 is 11.6 Å². The Balaban J connectivity index is 1.27. The predicted molar refractivity (Wildman–Crippen MR) is 127 cm³/mol. The number of fused-ring (bicyclic) bond motifs is 3. The number of ether oxygens (including phenoxy) is 1. The van der Waals surface area contributed by atoms with Gasteiger partial charge in [-0.25, -0.2) is 4.98 Å². The number of rotatable bonds is 5. The molecule has 7 heteroatoms. The number of hydrogen-bond acceptors (Lipinski definition) is 4. The van der Waals surface area contributed by atoms with Crippen LogP contribution in [0.4, 0.5) is 11.4 Å². The van der Waals surface area contributed by atoms with Gasteiger partial charge in [-0.3, -0.25) is 4.79 Å². The number of nitrogens with zero attached hydrogens (tertiary/aromatic N) is 3.